The lowest BCUT2D eigenvalue weighted by Crippen LogP contribution is -2.33. The number of sulfonamides is 1. The van der Waals surface area contributed by atoms with E-state index in [1.165, 1.54) is 35.7 Å². The van der Waals surface area contributed by atoms with Gasteiger partial charge < -0.3 is 14.2 Å². The fourth-order valence-electron chi connectivity index (χ4n) is 3.40. The number of benzene rings is 2. The van der Waals surface area contributed by atoms with Crippen molar-refractivity contribution in [2.75, 3.05) is 32.7 Å². The van der Waals surface area contributed by atoms with Crippen LogP contribution in [-0.4, -0.2) is 51.4 Å². The number of esters is 1. The first kappa shape index (κ1) is 20.1. The standard InChI is InChI=1S/C20H21NO6S2/c1-25-20(22)14-2-5-16(6-3-14)29(23,24)21-9-8-19(28-11-10-21)15-4-7-17-18(12-15)27-13-26-17/h2-7,12,19H,8-11,13H2,1H3. The molecule has 0 bridgehead atoms. The Morgan fingerprint density at radius 1 is 1.10 bits per heavy atom. The first-order valence-electron chi connectivity index (χ1n) is 9.19. The van der Waals surface area contributed by atoms with Crippen molar-refractivity contribution in [1.29, 1.82) is 0 Å². The number of thioether (sulfide) groups is 1. The summed E-state index contributed by atoms with van der Waals surface area (Å²) in [6.07, 6.45) is 0.698. The maximum absolute atomic E-state index is 13.1. The van der Waals surface area contributed by atoms with Crippen molar-refractivity contribution in [2.24, 2.45) is 0 Å². The van der Waals surface area contributed by atoms with E-state index in [0.717, 1.165) is 17.1 Å². The summed E-state index contributed by atoms with van der Waals surface area (Å²) < 4.78 is 43.1. The second-order valence-corrected chi connectivity index (χ2v) is 9.93. The lowest BCUT2D eigenvalue weighted by Gasteiger charge is -2.20. The van der Waals surface area contributed by atoms with E-state index in [4.69, 9.17) is 9.47 Å². The molecule has 1 unspecified atom stereocenters. The summed E-state index contributed by atoms with van der Waals surface area (Å²) in [7, 11) is -2.34. The van der Waals surface area contributed by atoms with Gasteiger partial charge in [0.2, 0.25) is 16.8 Å². The molecule has 2 aliphatic rings. The predicted molar refractivity (Wildman–Crippen MR) is 109 cm³/mol. The second kappa shape index (κ2) is 8.25. The van der Waals surface area contributed by atoms with Gasteiger partial charge in [-0.15, -0.1) is 0 Å². The summed E-state index contributed by atoms with van der Waals surface area (Å²) in [5.74, 6) is 1.68. The van der Waals surface area contributed by atoms with Crippen molar-refractivity contribution in [3.63, 3.8) is 0 Å². The molecule has 0 amide bonds. The van der Waals surface area contributed by atoms with Gasteiger partial charge in [-0.3, -0.25) is 0 Å². The number of ether oxygens (including phenoxy) is 3. The molecular weight excluding hydrogens is 414 g/mol. The molecule has 9 heteroatoms. The average Bonchev–Trinajstić information content (AvgIpc) is 3.07. The summed E-state index contributed by atoms with van der Waals surface area (Å²) >= 11 is 1.74. The van der Waals surface area contributed by atoms with Crippen LogP contribution in [0.3, 0.4) is 0 Å². The Bertz CT molecular complexity index is 1010. The van der Waals surface area contributed by atoms with Crippen molar-refractivity contribution in [3.05, 3.63) is 53.6 Å². The van der Waals surface area contributed by atoms with Crippen LogP contribution in [-0.2, 0) is 14.8 Å². The molecule has 29 heavy (non-hydrogen) atoms. The molecule has 0 N–H and O–H groups in total. The van der Waals surface area contributed by atoms with Gasteiger partial charge in [0.15, 0.2) is 11.5 Å². The average molecular weight is 436 g/mol. The lowest BCUT2D eigenvalue weighted by atomic mass is 10.1. The highest BCUT2D eigenvalue weighted by molar-refractivity contribution is 7.99. The molecule has 2 aliphatic heterocycles. The molecule has 0 aliphatic carbocycles. The van der Waals surface area contributed by atoms with Crippen LogP contribution in [0.2, 0.25) is 0 Å². The minimum Gasteiger partial charge on any atom is -0.465 e. The Morgan fingerprint density at radius 2 is 1.86 bits per heavy atom. The van der Waals surface area contributed by atoms with E-state index < -0.39 is 16.0 Å². The molecule has 154 valence electrons. The number of methoxy groups -OCH3 is 1. The Hall–Kier alpha value is -2.23. The molecule has 2 aromatic rings. The van der Waals surface area contributed by atoms with Crippen molar-refractivity contribution < 1.29 is 27.4 Å². The molecule has 7 nitrogen and oxygen atoms in total. The highest BCUT2D eigenvalue weighted by Gasteiger charge is 2.29. The van der Waals surface area contributed by atoms with Crippen molar-refractivity contribution in [1.82, 2.24) is 4.31 Å². The third-order valence-corrected chi connectivity index (χ3v) is 8.22. The quantitative estimate of drug-likeness (QED) is 0.683. The Morgan fingerprint density at radius 3 is 2.62 bits per heavy atom. The topological polar surface area (TPSA) is 82.1 Å². The largest absolute Gasteiger partial charge is 0.465 e. The van der Waals surface area contributed by atoms with Crippen LogP contribution in [0.4, 0.5) is 0 Å². The molecule has 2 aromatic carbocycles. The maximum Gasteiger partial charge on any atom is 0.337 e. The van der Waals surface area contributed by atoms with E-state index in [2.05, 4.69) is 4.74 Å². The van der Waals surface area contributed by atoms with Crippen LogP contribution < -0.4 is 9.47 Å². The third-order valence-electron chi connectivity index (χ3n) is 4.98. The maximum atomic E-state index is 13.1. The summed E-state index contributed by atoms with van der Waals surface area (Å²) in [6.45, 7) is 1.09. The lowest BCUT2D eigenvalue weighted by molar-refractivity contribution is 0.0600. The van der Waals surface area contributed by atoms with Gasteiger partial charge in [-0.05, 0) is 48.4 Å². The second-order valence-electron chi connectivity index (χ2n) is 6.68. The van der Waals surface area contributed by atoms with Crippen molar-refractivity contribution in [3.8, 4) is 11.5 Å². The van der Waals surface area contributed by atoms with Gasteiger partial charge in [0.05, 0.1) is 17.6 Å². The first-order valence-corrected chi connectivity index (χ1v) is 11.7. The van der Waals surface area contributed by atoms with Gasteiger partial charge in [-0.25, -0.2) is 13.2 Å². The van der Waals surface area contributed by atoms with Crippen LogP contribution in [0.5, 0.6) is 11.5 Å². The van der Waals surface area contributed by atoms with E-state index in [1.807, 2.05) is 18.2 Å². The molecule has 0 saturated carbocycles. The molecule has 1 fully saturated rings. The number of hydrogen-bond acceptors (Lipinski definition) is 7. The molecule has 0 spiro atoms. The SMILES string of the molecule is COC(=O)c1ccc(S(=O)(=O)N2CCSC(c3ccc4c(c3)OCO4)CC2)cc1. The number of carbonyl (C=O) groups excluding carboxylic acids is 1. The summed E-state index contributed by atoms with van der Waals surface area (Å²) in [5.41, 5.74) is 1.43. The highest BCUT2D eigenvalue weighted by atomic mass is 32.2. The van der Waals surface area contributed by atoms with Crippen LogP contribution in [0.25, 0.3) is 0 Å². The molecule has 1 saturated heterocycles. The zero-order valence-corrected chi connectivity index (χ0v) is 17.5. The summed E-state index contributed by atoms with van der Waals surface area (Å²) in [4.78, 5) is 11.7. The number of hydrogen-bond donors (Lipinski definition) is 0. The molecule has 2 heterocycles. The van der Waals surface area contributed by atoms with Gasteiger partial charge in [0, 0.05) is 24.1 Å². The van der Waals surface area contributed by atoms with E-state index in [0.29, 0.717) is 30.8 Å². The Labute approximate surface area is 174 Å². The number of fused-ring (bicyclic) bond motifs is 1. The molecule has 0 radical (unpaired) electrons. The molecule has 0 aromatic heterocycles. The van der Waals surface area contributed by atoms with Crippen LogP contribution in [0.15, 0.2) is 47.4 Å². The Kier molecular flexibility index (Phi) is 5.71. The first-order chi connectivity index (χ1) is 14.0. The Balaban J connectivity index is 1.48. The predicted octanol–water partition coefficient (Wildman–Crippen LogP) is 3.07. The van der Waals surface area contributed by atoms with Crippen molar-refractivity contribution in [2.45, 2.75) is 16.6 Å². The number of rotatable bonds is 4. The normalized spacial score (nSPS) is 19.6. The van der Waals surface area contributed by atoms with Gasteiger partial charge in [-0.1, -0.05) is 6.07 Å². The van der Waals surface area contributed by atoms with Gasteiger partial charge >= 0.3 is 5.97 Å². The zero-order valence-electron chi connectivity index (χ0n) is 15.9. The summed E-state index contributed by atoms with van der Waals surface area (Å²) in [6, 6.07) is 11.8. The zero-order chi connectivity index (χ0) is 20.4. The van der Waals surface area contributed by atoms with E-state index in [1.54, 1.807) is 11.8 Å². The minimum atomic E-state index is -3.63. The van der Waals surface area contributed by atoms with Gasteiger partial charge in [0.1, 0.15) is 0 Å². The minimum absolute atomic E-state index is 0.177. The number of nitrogens with zero attached hydrogens (tertiary/aromatic N) is 1. The van der Waals surface area contributed by atoms with Gasteiger partial charge in [-0.2, -0.15) is 16.1 Å². The highest BCUT2D eigenvalue weighted by Crippen LogP contribution is 2.40. The van der Waals surface area contributed by atoms with E-state index in [-0.39, 0.29) is 16.9 Å². The smallest absolute Gasteiger partial charge is 0.337 e. The van der Waals surface area contributed by atoms with E-state index >= 15 is 0 Å². The fraction of sp³-hybridized carbons (Fsp3) is 0.350. The fourth-order valence-corrected chi connectivity index (χ4v) is 6.19. The third kappa shape index (κ3) is 4.08. The monoisotopic (exact) mass is 435 g/mol. The summed E-state index contributed by atoms with van der Waals surface area (Å²) in [5, 5.41) is 0.186. The van der Waals surface area contributed by atoms with Crippen molar-refractivity contribution >= 4 is 27.8 Å². The van der Waals surface area contributed by atoms with Crippen LogP contribution in [0, 0.1) is 0 Å². The van der Waals surface area contributed by atoms with Crippen LogP contribution in [0.1, 0.15) is 27.6 Å². The van der Waals surface area contributed by atoms with E-state index in [9.17, 15) is 13.2 Å². The van der Waals surface area contributed by atoms with Gasteiger partial charge in [0.25, 0.3) is 0 Å². The molecule has 4 rings (SSSR count). The van der Waals surface area contributed by atoms with Crippen LogP contribution >= 0.6 is 11.8 Å². The number of carbonyl (C=O) groups is 1. The molecular formula is C20H21NO6S2. The molecule has 1 atom stereocenters.